The molecule has 0 aromatic heterocycles. The zero-order valence-corrected chi connectivity index (χ0v) is 21.4. The van der Waals surface area contributed by atoms with Crippen LogP contribution in [0.3, 0.4) is 0 Å². The topological polar surface area (TPSA) is 87.7 Å². The fraction of sp³-hybridized carbons (Fsp3) is 0.483. The number of fused-ring (bicyclic) bond motifs is 1. The molecule has 2 amide bonds. The van der Waals surface area contributed by atoms with Gasteiger partial charge in [0.2, 0.25) is 11.8 Å². The summed E-state index contributed by atoms with van der Waals surface area (Å²) in [5.41, 5.74) is 3.33. The van der Waals surface area contributed by atoms with Gasteiger partial charge in [0.1, 0.15) is 6.42 Å². The monoisotopic (exact) mass is 491 g/mol. The van der Waals surface area contributed by atoms with Crippen LogP contribution in [0.15, 0.2) is 54.6 Å². The van der Waals surface area contributed by atoms with E-state index in [0.717, 1.165) is 36.9 Å². The Bertz CT molecular complexity index is 1070. The largest absolute Gasteiger partial charge is 0.466 e. The molecule has 0 saturated heterocycles. The minimum Gasteiger partial charge on any atom is -0.466 e. The van der Waals surface area contributed by atoms with E-state index < -0.39 is 5.97 Å². The van der Waals surface area contributed by atoms with Gasteiger partial charge in [-0.15, -0.1) is 0 Å². The van der Waals surface area contributed by atoms with Crippen LogP contribution in [-0.4, -0.2) is 42.4 Å². The molecule has 5 atom stereocenters. The van der Waals surface area contributed by atoms with Crippen molar-refractivity contribution in [3.8, 4) is 0 Å². The van der Waals surface area contributed by atoms with E-state index in [1.807, 2.05) is 42.3 Å². The van der Waals surface area contributed by atoms with E-state index in [1.165, 1.54) is 5.56 Å². The molecular weight excluding hydrogens is 454 g/mol. The molecule has 1 aliphatic heterocycles. The lowest BCUT2D eigenvalue weighted by Gasteiger charge is -2.45. The van der Waals surface area contributed by atoms with Gasteiger partial charge in [0, 0.05) is 24.7 Å². The van der Waals surface area contributed by atoms with Gasteiger partial charge < -0.3 is 20.3 Å². The molecule has 0 spiro atoms. The molecule has 1 heterocycles. The maximum absolute atomic E-state index is 14.0. The van der Waals surface area contributed by atoms with E-state index in [1.54, 1.807) is 6.92 Å². The third-order valence-electron chi connectivity index (χ3n) is 7.58. The number of esters is 1. The van der Waals surface area contributed by atoms with Crippen molar-refractivity contribution < 1.29 is 19.1 Å². The lowest BCUT2D eigenvalue weighted by Crippen LogP contribution is -2.51. The van der Waals surface area contributed by atoms with Crippen LogP contribution in [0.25, 0.3) is 0 Å². The van der Waals surface area contributed by atoms with E-state index in [2.05, 4.69) is 41.8 Å². The number of nitrogens with zero attached hydrogens (tertiary/aromatic N) is 1. The summed E-state index contributed by atoms with van der Waals surface area (Å²) in [4.78, 5) is 40.1. The molecule has 2 aromatic rings. The van der Waals surface area contributed by atoms with Crippen molar-refractivity contribution >= 4 is 23.5 Å². The smallest absolute Gasteiger partial charge is 0.315 e. The Morgan fingerprint density at radius 2 is 1.72 bits per heavy atom. The number of amides is 2. The van der Waals surface area contributed by atoms with Crippen LogP contribution in [0.4, 0.5) is 5.69 Å². The SMILES string of the molecule is CCOC(=O)CC(=O)N[C@@H]1CCCC[C@@H]1C(=O)N(C)[C@H]1c2ccccc2N[C@@H](c2ccccc2)[C@H]1C. The number of carbonyl (C=O) groups excluding carboxylic acids is 3. The van der Waals surface area contributed by atoms with Gasteiger partial charge in [0.25, 0.3) is 0 Å². The number of carbonyl (C=O) groups is 3. The van der Waals surface area contributed by atoms with Crippen LogP contribution in [0, 0.1) is 11.8 Å². The van der Waals surface area contributed by atoms with E-state index in [4.69, 9.17) is 4.74 Å². The highest BCUT2D eigenvalue weighted by molar-refractivity contribution is 5.94. The van der Waals surface area contributed by atoms with Gasteiger partial charge in [-0.25, -0.2) is 0 Å². The molecule has 4 rings (SSSR count). The summed E-state index contributed by atoms with van der Waals surface area (Å²) in [5, 5.41) is 6.65. The molecule has 2 aliphatic rings. The highest BCUT2D eigenvalue weighted by atomic mass is 16.5. The number of benzene rings is 2. The normalized spacial score (nSPS) is 25.1. The molecule has 36 heavy (non-hydrogen) atoms. The molecule has 0 bridgehead atoms. The molecule has 2 aromatic carbocycles. The van der Waals surface area contributed by atoms with E-state index in [0.29, 0.717) is 0 Å². The summed E-state index contributed by atoms with van der Waals surface area (Å²) in [5.74, 6) is -1.09. The van der Waals surface area contributed by atoms with Crippen molar-refractivity contribution in [3.05, 3.63) is 65.7 Å². The van der Waals surface area contributed by atoms with E-state index in [9.17, 15) is 14.4 Å². The Morgan fingerprint density at radius 3 is 2.47 bits per heavy atom. The standard InChI is InChI=1S/C29H37N3O4/c1-4-36-26(34)18-25(33)30-24-17-11-9-15-22(24)29(35)32(3)28-19(2)27(20-12-6-5-7-13-20)31-23-16-10-8-14-21(23)28/h5-8,10,12-14,16,19,22,24,27-28,31H,4,9,11,15,17-18H2,1-3H3,(H,30,33)/t19-,22+,24-,27-,28-/m1/s1. The van der Waals surface area contributed by atoms with Gasteiger partial charge in [-0.1, -0.05) is 68.3 Å². The number of ether oxygens (including phenoxy) is 1. The van der Waals surface area contributed by atoms with Gasteiger partial charge in [-0.05, 0) is 37.0 Å². The fourth-order valence-corrected chi connectivity index (χ4v) is 5.86. The molecule has 7 heteroatoms. The van der Waals surface area contributed by atoms with Gasteiger partial charge in [0.05, 0.1) is 24.6 Å². The van der Waals surface area contributed by atoms with Crippen molar-refractivity contribution in [2.24, 2.45) is 11.8 Å². The second-order valence-corrected chi connectivity index (χ2v) is 9.92. The average molecular weight is 492 g/mol. The molecule has 7 nitrogen and oxygen atoms in total. The van der Waals surface area contributed by atoms with Gasteiger partial charge >= 0.3 is 5.97 Å². The Labute approximate surface area is 213 Å². The summed E-state index contributed by atoms with van der Waals surface area (Å²) >= 11 is 0. The fourth-order valence-electron chi connectivity index (χ4n) is 5.86. The molecule has 192 valence electrons. The number of hydrogen-bond donors (Lipinski definition) is 2. The van der Waals surface area contributed by atoms with E-state index in [-0.39, 0.29) is 54.8 Å². The third-order valence-corrected chi connectivity index (χ3v) is 7.58. The summed E-state index contributed by atoms with van der Waals surface area (Å²) in [6.07, 6.45) is 3.01. The lowest BCUT2D eigenvalue weighted by atomic mass is 9.78. The highest BCUT2D eigenvalue weighted by Gasteiger charge is 2.41. The first-order chi connectivity index (χ1) is 17.4. The minimum atomic E-state index is -0.544. The number of para-hydroxylation sites is 1. The molecule has 0 unspecified atom stereocenters. The van der Waals surface area contributed by atoms with Crippen molar-refractivity contribution in [2.45, 2.75) is 64.1 Å². The predicted molar refractivity (Wildman–Crippen MR) is 139 cm³/mol. The van der Waals surface area contributed by atoms with Crippen LogP contribution in [0.1, 0.15) is 69.2 Å². The Kier molecular flexibility index (Phi) is 8.28. The first-order valence-corrected chi connectivity index (χ1v) is 13.0. The van der Waals surface area contributed by atoms with Crippen LogP contribution >= 0.6 is 0 Å². The van der Waals surface area contributed by atoms with Gasteiger partial charge in [-0.2, -0.15) is 0 Å². The van der Waals surface area contributed by atoms with Crippen molar-refractivity contribution in [2.75, 3.05) is 19.0 Å². The third kappa shape index (κ3) is 5.55. The van der Waals surface area contributed by atoms with Gasteiger partial charge in [0.15, 0.2) is 0 Å². The van der Waals surface area contributed by atoms with E-state index >= 15 is 0 Å². The van der Waals surface area contributed by atoms with Crippen molar-refractivity contribution in [3.63, 3.8) is 0 Å². The molecule has 0 radical (unpaired) electrons. The predicted octanol–water partition coefficient (Wildman–Crippen LogP) is 4.62. The first kappa shape index (κ1) is 25.7. The first-order valence-electron chi connectivity index (χ1n) is 13.0. The molecule has 2 N–H and O–H groups in total. The zero-order valence-electron chi connectivity index (χ0n) is 21.4. The average Bonchev–Trinajstić information content (AvgIpc) is 2.88. The molecule has 1 fully saturated rings. The summed E-state index contributed by atoms with van der Waals surface area (Å²) in [6.45, 7) is 4.14. The lowest BCUT2D eigenvalue weighted by molar-refractivity contribution is -0.146. The van der Waals surface area contributed by atoms with Crippen molar-refractivity contribution in [1.29, 1.82) is 0 Å². The summed E-state index contributed by atoms with van der Waals surface area (Å²) in [7, 11) is 1.89. The zero-order chi connectivity index (χ0) is 25.7. The molecule has 1 saturated carbocycles. The number of rotatable bonds is 7. The Hall–Kier alpha value is -3.35. The second kappa shape index (κ2) is 11.6. The minimum absolute atomic E-state index is 0.0384. The number of nitrogens with one attached hydrogen (secondary N) is 2. The summed E-state index contributed by atoms with van der Waals surface area (Å²) < 4.78 is 4.90. The molecular formula is C29H37N3O4. The van der Waals surface area contributed by atoms with Crippen molar-refractivity contribution in [1.82, 2.24) is 10.2 Å². The van der Waals surface area contributed by atoms with Crippen LogP contribution in [-0.2, 0) is 19.1 Å². The Morgan fingerprint density at radius 1 is 1.03 bits per heavy atom. The highest BCUT2D eigenvalue weighted by Crippen LogP contribution is 2.46. The molecule has 1 aliphatic carbocycles. The maximum Gasteiger partial charge on any atom is 0.315 e. The Balaban J connectivity index is 1.56. The van der Waals surface area contributed by atoms with Crippen LogP contribution < -0.4 is 10.6 Å². The number of hydrogen-bond acceptors (Lipinski definition) is 5. The van der Waals surface area contributed by atoms with Crippen LogP contribution in [0.2, 0.25) is 0 Å². The summed E-state index contributed by atoms with van der Waals surface area (Å²) in [6, 6.07) is 18.2. The number of anilines is 1. The van der Waals surface area contributed by atoms with Crippen LogP contribution in [0.5, 0.6) is 0 Å². The maximum atomic E-state index is 14.0. The van der Waals surface area contributed by atoms with Gasteiger partial charge in [-0.3, -0.25) is 14.4 Å². The second-order valence-electron chi connectivity index (χ2n) is 9.92. The quantitative estimate of drug-likeness (QED) is 0.436.